The first kappa shape index (κ1) is 16.5. The van der Waals surface area contributed by atoms with Gasteiger partial charge in [-0.25, -0.2) is 0 Å². The number of hydrogen-bond donors (Lipinski definition) is 1. The highest BCUT2D eigenvalue weighted by Gasteiger charge is 2.26. The summed E-state index contributed by atoms with van der Waals surface area (Å²) in [5, 5.41) is 3.36. The van der Waals surface area contributed by atoms with E-state index < -0.39 is 0 Å². The van der Waals surface area contributed by atoms with Gasteiger partial charge in [-0.15, -0.1) is 0 Å². The molecule has 2 atom stereocenters. The van der Waals surface area contributed by atoms with Crippen molar-refractivity contribution < 1.29 is 0 Å². The minimum atomic E-state index is 0.238. The highest BCUT2D eigenvalue weighted by Crippen LogP contribution is 2.30. The molecule has 1 aliphatic heterocycles. The second kappa shape index (κ2) is 6.93. The van der Waals surface area contributed by atoms with Gasteiger partial charge in [0.1, 0.15) is 0 Å². The number of benzene rings is 1. The Morgan fingerprint density at radius 3 is 2.43 bits per heavy atom. The van der Waals surface area contributed by atoms with Crippen LogP contribution in [0.3, 0.4) is 0 Å². The average Bonchev–Trinajstić information content (AvgIpc) is 2.47. The number of rotatable bonds is 4. The van der Waals surface area contributed by atoms with E-state index in [-0.39, 0.29) is 5.41 Å². The van der Waals surface area contributed by atoms with Crippen LogP contribution in [0.1, 0.15) is 64.1 Å². The maximum atomic E-state index is 3.36. The van der Waals surface area contributed by atoms with Crippen LogP contribution in [-0.4, -0.2) is 31.1 Å². The van der Waals surface area contributed by atoms with E-state index >= 15 is 0 Å². The molecule has 1 aliphatic rings. The third-order valence-corrected chi connectivity index (χ3v) is 4.87. The van der Waals surface area contributed by atoms with Crippen molar-refractivity contribution in [2.45, 2.75) is 64.5 Å². The molecule has 1 N–H and O–H groups in total. The van der Waals surface area contributed by atoms with Crippen molar-refractivity contribution in [3.63, 3.8) is 0 Å². The van der Waals surface area contributed by atoms with Crippen LogP contribution in [0.15, 0.2) is 24.3 Å². The molecule has 0 aromatic heterocycles. The van der Waals surface area contributed by atoms with Gasteiger partial charge >= 0.3 is 0 Å². The van der Waals surface area contributed by atoms with E-state index in [2.05, 4.69) is 69.2 Å². The summed E-state index contributed by atoms with van der Waals surface area (Å²) in [6, 6.07) is 10.5. The van der Waals surface area contributed by atoms with Crippen molar-refractivity contribution in [3.8, 4) is 0 Å². The highest BCUT2D eigenvalue weighted by molar-refractivity contribution is 5.29. The molecule has 0 aliphatic carbocycles. The molecule has 2 nitrogen and oxygen atoms in total. The Labute approximate surface area is 130 Å². The van der Waals surface area contributed by atoms with Gasteiger partial charge in [-0.05, 0) is 49.9 Å². The minimum absolute atomic E-state index is 0.238. The molecule has 0 saturated carbocycles. The van der Waals surface area contributed by atoms with Gasteiger partial charge < -0.3 is 5.32 Å². The molecular formula is C19H32N2. The van der Waals surface area contributed by atoms with Gasteiger partial charge in [0.15, 0.2) is 0 Å². The van der Waals surface area contributed by atoms with Crippen LogP contribution < -0.4 is 5.32 Å². The molecule has 0 bridgehead atoms. The summed E-state index contributed by atoms with van der Waals surface area (Å²) in [6.07, 6.45) is 4.04. The quantitative estimate of drug-likeness (QED) is 0.896. The fraction of sp³-hybridized carbons (Fsp3) is 0.684. The fourth-order valence-corrected chi connectivity index (χ4v) is 3.44. The lowest BCUT2D eigenvalue weighted by atomic mass is 9.86. The molecule has 0 amide bonds. The molecular weight excluding hydrogens is 256 g/mol. The number of likely N-dealkylation sites (N-methyl/N-ethyl adjacent to an activating group) is 1. The molecule has 1 aromatic carbocycles. The van der Waals surface area contributed by atoms with Crippen LogP contribution in [0.25, 0.3) is 0 Å². The van der Waals surface area contributed by atoms with E-state index in [1.165, 1.54) is 36.9 Å². The third-order valence-electron chi connectivity index (χ3n) is 4.87. The summed E-state index contributed by atoms with van der Waals surface area (Å²) in [6.45, 7) is 11.5. The van der Waals surface area contributed by atoms with Gasteiger partial charge in [-0.2, -0.15) is 0 Å². The maximum absolute atomic E-state index is 3.36. The number of nitrogens with one attached hydrogen (secondary N) is 1. The molecule has 2 unspecified atom stereocenters. The molecule has 21 heavy (non-hydrogen) atoms. The Morgan fingerprint density at radius 2 is 1.86 bits per heavy atom. The number of hydrogen-bond acceptors (Lipinski definition) is 2. The predicted molar refractivity (Wildman–Crippen MR) is 91.8 cm³/mol. The first-order chi connectivity index (χ1) is 9.93. The van der Waals surface area contributed by atoms with Crippen molar-refractivity contribution in [3.05, 3.63) is 35.4 Å². The molecule has 1 saturated heterocycles. The van der Waals surface area contributed by atoms with Crippen LogP contribution in [-0.2, 0) is 5.41 Å². The van der Waals surface area contributed by atoms with Crippen LogP contribution in [0, 0.1) is 0 Å². The van der Waals surface area contributed by atoms with Crippen LogP contribution >= 0.6 is 0 Å². The van der Waals surface area contributed by atoms with E-state index in [1.54, 1.807) is 0 Å². The second-order valence-corrected chi connectivity index (χ2v) is 7.49. The zero-order chi connectivity index (χ0) is 15.5. The average molecular weight is 288 g/mol. The fourth-order valence-electron chi connectivity index (χ4n) is 3.44. The predicted octanol–water partition coefficient (Wildman–Crippen LogP) is 4.12. The van der Waals surface area contributed by atoms with Crippen molar-refractivity contribution in [2.24, 2.45) is 0 Å². The van der Waals surface area contributed by atoms with Gasteiger partial charge in [0.05, 0.1) is 0 Å². The lowest BCUT2D eigenvalue weighted by Crippen LogP contribution is -2.45. The van der Waals surface area contributed by atoms with Crippen LogP contribution in [0.5, 0.6) is 0 Å². The highest BCUT2D eigenvalue weighted by atomic mass is 15.2. The molecule has 118 valence electrons. The molecule has 1 fully saturated rings. The normalized spacial score (nSPS) is 22.2. The number of likely N-dealkylation sites (tertiary alicyclic amines) is 1. The summed E-state index contributed by atoms with van der Waals surface area (Å²) >= 11 is 0. The number of piperidine rings is 1. The zero-order valence-electron chi connectivity index (χ0n) is 14.4. The van der Waals surface area contributed by atoms with E-state index in [4.69, 9.17) is 0 Å². The van der Waals surface area contributed by atoms with Gasteiger partial charge in [0.25, 0.3) is 0 Å². The van der Waals surface area contributed by atoms with Crippen molar-refractivity contribution in [2.75, 3.05) is 20.1 Å². The first-order valence-corrected chi connectivity index (χ1v) is 8.44. The first-order valence-electron chi connectivity index (χ1n) is 8.44. The minimum Gasteiger partial charge on any atom is -0.318 e. The van der Waals surface area contributed by atoms with E-state index in [1.807, 2.05) is 0 Å². The van der Waals surface area contributed by atoms with Gasteiger partial charge in [0, 0.05) is 18.6 Å². The molecule has 0 spiro atoms. The second-order valence-electron chi connectivity index (χ2n) is 7.49. The molecule has 2 heteroatoms. The molecule has 1 heterocycles. The Balaban J connectivity index is 2.12. The van der Waals surface area contributed by atoms with Gasteiger partial charge in [-0.3, -0.25) is 4.90 Å². The monoisotopic (exact) mass is 288 g/mol. The topological polar surface area (TPSA) is 15.3 Å². The van der Waals surface area contributed by atoms with Gasteiger partial charge in [-0.1, -0.05) is 51.5 Å². The van der Waals surface area contributed by atoms with Crippen molar-refractivity contribution in [1.82, 2.24) is 10.2 Å². The Morgan fingerprint density at radius 1 is 1.19 bits per heavy atom. The molecule has 2 rings (SSSR count). The van der Waals surface area contributed by atoms with E-state index in [0.717, 1.165) is 6.54 Å². The molecule has 1 aromatic rings. The summed E-state index contributed by atoms with van der Waals surface area (Å²) in [7, 11) is 2.07. The summed E-state index contributed by atoms with van der Waals surface area (Å²) in [5.41, 5.74) is 3.11. The summed E-state index contributed by atoms with van der Waals surface area (Å²) < 4.78 is 0. The van der Waals surface area contributed by atoms with E-state index in [0.29, 0.717) is 12.1 Å². The summed E-state index contributed by atoms with van der Waals surface area (Å²) in [4.78, 5) is 2.69. The Kier molecular flexibility index (Phi) is 5.45. The van der Waals surface area contributed by atoms with Crippen LogP contribution in [0.2, 0.25) is 0 Å². The smallest absolute Gasteiger partial charge is 0.0323 e. The SMILES string of the molecule is CNCC1CCCCN1C(C)c1ccc(C(C)(C)C)cc1. The molecule has 0 radical (unpaired) electrons. The summed E-state index contributed by atoms with van der Waals surface area (Å²) in [5.74, 6) is 0. The van der Waals surface area contributed by atoms with E-state index in [9.17, 15) is 0 Å². The largest absolute Gasteiger partial charge is 0.318 e. The number of nitrogens with zero attached hydrogens (tertiary/aromatic N) is 1. The Hall–Kier alpha value is -0.860. The standard InChI is InChI=1S/C19H32N2/c1-15(21-13-7-6-8-18(21)14-20-5)16-9-11-17(12-10-16)19(2,3)4/h9-12,15,18,20H,6-8,13-14H2,1-5H3. The maximum Gasteiger partial charge on any atom is 0.0323 e. The Bertz CT molecular complexity index is 428. The lowest BCUT2D eigenvalue weighted by molar-refractivity contribution is 0.103. The zero-order valence-corrected chi connectivity index (χ0v) is 14.4. The van der Waals surface area contributed by atoms with Crippen molar-refractivity contribution >= 4 is 0 Å². The lowest BCUT2D eigenvalue weighted by Gasteiger charge is -2.40. The van der Waals surface area contributed by atoms with Crippen LogP contribution in [0.4, 0.5) is 0 Å². The van der Waals surface area contributed by atoms with Crippen molar-refractivity contribution in [1.29, 1.82) is 0 Å². The third kappa shape index (κ3) is 4.08. The van der Waals surface area contributed by atoms with Gasteiger partial charge in [0.2, 0.25) is 0 Å².